The van der Waals surface area contributed by atoms with Gasteiger partial charge in [-0.3, -0.25) is 9.69 Å². The van der Waals surface area contributed by atoms with Crippen LogP contribution in [0, 0.1) is 12.8 Å². The number of nitrogens with one attached hydrogen (secondary N) is 2. The van der Waals surface area contributed by atoms with Crippen LogP contribution in [0.4, 0.5) is 11.4 Å². The van der Waals surface area contributed by atoms with Crippen molar-refractivity contribution in [1.82, 2.24) is 20.0 Å². The summed E-state index contributed by atoms with van der Waals surface area (Å²) in [5, 5.41) is 7.86. The number of piperidine rings is 1. The molecule has 0 spiro atoms. The van der Waals surface area contributed by atoms with Crippen LogP contribution in [0.2, 0.25) is 5.02 Å². The van der Waals surface area contributed by atoms with Crippen molar-refractivity contribution in [2.45, 2.75) is 56.5 Å². The van der Waals surface area contributed by atoms with Gasteiger partial charge in [0.15, 0.2) is 0 Å². The Balaban J connectivity index is 0.852. The van der Waals surface area contributed by atoms with Crippen LogP contribution in [0.5, 0.6) is 0 Å². The summed E-state index contributed by atoms with van der Waals surface area (Å²) in [4.78, 5) is 24.4. The number of halogens is 1. The summed E-state index contributed by atoms with van der Waals surface area (Å²) < 4.78 is 0. The number of aryl methyl sites for hydroxylation is 1. The lowest BCUT2D eigenvalue weighted by Crippen LogP contribution is -2.46. The number of likely N-dealkylation sites (tertiary alicyclic amines) is 1. The Labute approximate surface area is 374 Å². The van der Waals surface area contributed by atoms with Crippen molar-refractivity contribution in [3.63, 3.8) is 0 Å². The first kappa shape index (κ1) is 44.7. The highest BCUT2D eigenvalue weighted by atomic mass is 35.5. The Bertz CT molecular complexity index is 2100. The first-order valence-electron chi connectivity index (χ1n) is 22.4. The third-order valence-electron chi connectivity index (χ3n) is 12.5. The van der Waals surface area contributed by atoms with Gasteiger partial charge in [-0.2, -0.15) is 0 Å². The maximum absolute atomic E-state index is 13.2. The standard InChI is InChI=1S/C52H65ClN6OS/c1-40-37-42(13-22-51(40)55-47(39-61-49-10-5-4-6-11-49)27-32-57-30-25-41(26-31-57)24-29-56(2)3)23-28-54-52(60)44-16-20-48(21-17-44)59-35-33-58(34-36-59)38-45-9-7-8-12-50(45)43-14-18-46(53)19-15-43/h4-22,37,41,47,55H,23-36,38-39H2,1-3H3,(H,54,60)/t47-/m1/s1. The van der Waals surface area contributed by atoms with E-state index < -0.39 is 0 Å². The molecule has 2 saturated heterocycles. The van der Waals surface area contributed by atoms with E-state index in [-0.39, 0.29) is 5.91 Å². The summed E-state index contributed by atoms with van der Waals surface area (Å²) in [5.41, 5.74) is 9.34. The lowest BCUT2D eigenvalue weighted by molar-refractivity contribution is 0.0954. The maximum Gasteiger partial charge on any atom is 0.251 e. The predicted molar refractivity (Wildman–Crippen MR) is 260 cm³/mol. The third-order valence-corrected chi connectivity index (χ3v) is 13.9. The molecule has 322 valence electrons. The second kappa shape index (κ2) is 22.7. The quantitative estimate of drug-likeness (QED) is 0.0803. The fourth-order valence-electron chi connectivity index (χ4n) is 8.67. The monoisotopic (exact) mass is 856 g/mol. The molecule has 0 radical (unpaired) electrons. The molecular formula is C52H65ClN6OS. The smallest absolute Gasteiger partial charge is 0.251 e. The second-order valence-corrected chi connectivity index (χ2v) is 18.8. The van der Waals surface area contributed by atoms with Crippen molar-refractivity contribution < 1.29 is 4.79 Å². The summed E-state index contributed by atoms with van der Waals surface area (Å²) in [7, 11) is 4.36. The molecule has 61 heavy (non-hydrogen) atoms. The molecule has 0 aromatic heterocycles. The zero-order chi connectivity index (χ0) is 42.4. The predicted octanol–water partition coefficient (Wildman–Crippen LogP) is 10.2. The molecule has 7 nitrogen and oxygen atoms in total. The number of amides is 1. The first-order chi connectivity index (χ1) is 29.8. The Kier molecular flexibility index (Phi) is 16.6. The van der Waals surface area contributed by atoms with Crippen LogP contribution in [0.3, 0.4) is 0 Å². The molecule has 0 saturated carbocycles. The molecule has 2 fully saturated rings. The number of hydrogen-bond acceptors (Lipinski definition) is 7. The topological polar surface area (TPSA) is 54.1 Å². The molecule has 1 atom stereocenters. The highest BCUT2D eigenvalue weighted by Crippen LogP contribution is 2.28. The summed E-state index contributed by atoms with van der Waals surface area (Å²) in [6.45, 7) is 12.3. The zero-order valence-electron chi connectivity index (χ0n) is 36.5. The number of piperazine rings is 1. The number of hydrogen-bond donors (Lipinski definition) is 2. The number of rotatable bonds is 19. The maximum atomic E-state index is 13.2. The van der Waals surface area contributed by atoms with Crippen LogP contribution in [0.25, 0.3) is 11.1 Å². The van der Waals surface area contributed by atoms with Gasteiger partial charge in [0.05, 0.1) is 0 Å². The Morgan fingerprint density at radius 2 is 1.54 bits per heavy atom. The molecule has 5 aromatic carbocycles. The summed E-state index contributed by atoms with van der Waals surface area (Å²) in [6.07, 6.45) is 5.87. The molecule has 5 aromatic rings. The number of thioether (sulfide) groups is 1. The fraction of sp³-hybridized carbons (Fsp3) is 0.404. The van der Waals surface area contributed by atoms with Gasteiger partial charge in [0.2, 0.25) is 0 Å². The van der Waals surface area contributed by atoms with Crippen molar-refractivity contribution in [2.75, 3.05) is 89.0 Å². The van der Waals surface area contributed by atoms with Gasteiger partial charge in [0, 0.05) is 84.5 Å². The molecule has 2 heterocycles. The average molecular weight is 858 g/mol. The largest absolute Gasteiger partial charge is 0.381 e. The van der Waals surface area contributed by atoms with Gasteiger partial charge in [-0.15, -0.1) is 11.8 Å². The molecule has 0 bridgehead atoms. The van der Waals surface area contributed by atoms with E-state index in [1.54, 1.807) is 0 Å². The molecule has 9 heteroatoms. The van der Waals surface area contributed by atoms with E-state index in [4.69, 9.17) is 11.6 Å². The number of carbonyl (C=O) groups excluding carboxylic acids is 1. The van der Waals surface area contributed by atoms with E-state index >= 15 is 0 Å². The van der Waals surface area contributed by atoms with E-state index in [1.165, 1.54) is 83.0 Å². The van der Waals surface area contributed by atoms with Crippen molar-refractivity contribution in [1.29, 1.82) is 0 Å². The zero-order valence-corrected chi connectivity index (χ0v) is 38.1. The van der Waals surface area contributed by atoms with E-state index in [1.807, 2.05) is 36.0 Å². The van der Waals surface area contributed by atoms with E-state index in [9.17, 15) is 4.79 Å². The highest BCUT2D eigenvalue weighted by molar-refractivity contribution is 7.99. The second-order valence-electron chi connectivity index (χ2n) is 17.3. The van der Waals surface area contributed by atoms with Crippen molar-refractivity contribution in [3.05, 3.63) is 149 Å². The number of benzene rings is 5. The Morgan fingerprint density at radius 1 is 0.820 bits per heavy atom. The molecule has 2 aliphatic rings. The average Bonchev–Trinajstić information content (AvgIpc) is 3.29. The van der Waals surface area contributed by atoms with Gasteiger partial charge >= 0.3 is 0 Å². The van der Waals surface area contributed by atoms with Crippen LogP contribution < -0.4 is 15.5 Å². The van der Waals surface area contributed by atoms with Gasteiger partial charge in [0.1, 0.15) is 0 Å². The van der Waals surface area contributed by atoms with E-state index in [2.05, 4.69) is 148 Å². The summed E-state index contributed by atoms with van der Waals surface area (Å²) in [5.74, 6) is 1.86. The molecule has 0 unspecified atom stereocenters. The van der Waals surface area contributed by atoms with Crippen LogP contribution in [0.1, 0.15) is 52.7 Å². The summed E-state index contributed by atoms with van der Waals surface area (Å²) >= 11 is 8.10. The lowest BCUT2D eigenvalue weighted by atomic mass is 9.93. The highest BCUT2D eigenvalue weighted by Gasteiger charge is 2.22. The molecular weight excluding hydrogens is 792 g/mol. The van der Waals surface area contributed by atoms with Crippen LogP contribution in [0.15, 0.2) is 126 Å². The van der Waals surface area contributed by atoms with Gasteiger partial charge in [0.25, 0.3) is 5.91 Å². The SMILES string of the molecule is Cc1cc(CCNC(=O)c2ccc(N3CCN(Cc4ccccc4-c4ccc(Cl)cc4)CC3)cc2)ccc1N[C@H](CCN1CCC(CCN(C)C)CC1)CSc1ccccc1. The van der Waals surface area contributed by atoms with Crippen molar-refractivity contribution in [2.24, 2.45) is 5.92 Å². The number of nitrogens with zero attached hydrogens (tertiary/aromatic N) is 4. The van der Waals surface area contributed by atoms with Gasteiger partial charge < -0.3 is 25.3 Å². The van der Waals surface area contributed by atoms with E-state index in [0.29, 0.717) is 18.2 Å². The van der Waals surface area contributed by atoms with Crippen molar-refractivity contribution in [3.8, 4) is 11.1 Å². The molecule has 0 aliphatic carbocycles. The van der Waals surface area contributed by atoms with Gasteiger partial charge in [-0.25, -0.2) is 0 Å². The molecule has 1 amide bonds. The van der Waals surface area contributed by atoms with Crippen LogP contribution in [-0.2, 0) is 13.0 Å². The summed E-state index contributed by atoms with van der Waals surface area (Å²) in [6, 6.07) is 42.8. The molecule has 2 aliphatic heterocycles. The van der Waals surface area contributed by atoms with E-state index in [0.717, 1.165) is 68.8 Å². The fourth-order valence-corrected chi connectivity index (χ4v) is 9.79. The minimum absolute atomic E-state index is 0.0257. The number of carbonyl (C=O) groups is 1. The third kappa shape index (κ3) is 13.6. The molecule has 7 rings (SSSR count). The first-order valence-corrected chi connectivity index (χ1v) is 23.7. The lowest BCUT2D eigenvalue weighted by Gasteiger charge is -2.36. The molecule has 2 N–H and O–H groups in total. The minimum atomic E-state index is -0.0257. The van der Waals surface area contributed by atoms with Crippen molar-refractivity contribution >= 4 is 40.6 Å². The number of anilines is 2. The minimum Gasteiger partial charge on any atom is -0.381 e. The normalized spacial score (nSPS) is 15.9. The Hall–Kier alpha value is -4.31. The Morgan fingerprint density at radius 3 is 2.26 bits per heavy atom. The van der Waals surface area contributed by atoms with Crippen LogP contribution in [-0.4, -0.2) is 105 Å². The van der Waals surface area contributed by atoms with Crippen LogP contribution >= 0.6 is 23.4 Å². The van der Waals surface area contributed by atoms with Gasteiger partial charge in [-0.05, 0) is 161 Å². The van der Waals surface area contributed by atoms with Gasteiger partial charge in [-0.1, -0.05) is 78.3 Å².